The molecule has 0 radical (unpaired) electrons. The highest BCUT2D eigenvalue weighted by atomic mass is 35.5. The predicted molar refractivity (Wildman–Crippen MR) is 58.4 cm³/mol. The smallest absolute Gasteiger partial charge is 0.123 e. The largest absolute Gasteiger partial charge is 0.321 e. The lowest BCUT2D eigenvalue weighted by atomic mass is 9.73. The first-order chi connectivity index (χ1) is 6.12. The van der Waals surface area contributed by atoms with Crippen molar-refractivity contribution in [1.82, 2.24) is 0 Å². The summed E-state index contributed by atoms with van der Waals surface area (Å²) in [5, 5.41) is 0.573. The molecule has 14 heavy (non-hydrogen) atoms. The zero-order valence-electron chi connectivity index (χ0n) is 7.59. The van der Waals surface area contributed by atoms with Crippen LogP contribution in [0.15, 0.2) is 18.2 Å². The van der Waals surface area contributed by atoms with Gasteiger partial charge in [0.15, 0.2) is 0 Å². The number of hydrogen-bond acceptors (Lipinski definition) is 1. The Hall–Kier alpha value is -0.310. The van der Waals surface area contributed by atoms with Gasteiger partial charge < -0.3 is 5.73 Å². The van der Waals surface area contributed by atoms with Gasteiger partial charge in [0.25, 0.3) is 0 Å². The molecule has 4 heteroatoms. The van der Waals surface area contributed by atoms with Crippen LogP contribution in [-0.2, 0) is 5.54 Å². The topological polar surface area (TPSA) is 26.0 Å². The molecule has 1 aliphatic rings. The molecule has 1 nitrogen and oxygen atoms in total. The van der Waals surface area contributed by atoms with Gasteiger partial charge in [0, 0.05) is 10.6 Å². The minimum absolute atomic E-state index is 0. The second kappa shape index (κ2) is 4.05. The summed E-state index contributed by atoms with van der Waals surface area (Å²) in [7, 11) is 0. The molecule has 0 bridgehead atoms. The van der Waals surface area contributed by atoms with E-state index in [9.17, 15) is 4.39 Å². The molecule has 78 valence electrons. The third-order valence-corrected chi connectivity index (χ3v) is 3.04. The fourth-order valence-corrected chi connectivity index (χ4v) is 2.01. The van der Waals surface area contributed by atoms with Crippen molar-refractivity contribution in [2.45, 2.75) is 24.8 Å². The van der Waals surface area contributed by atoms with Crippen LogP contribution in [0.3, 0.4) is 0 Å². The molecule has 2 rings (SSSR count). The molecular formula is C10H12Cl2FN. The summed E-state index contributed by atoms with van der Waals surface area (Å²) < 4.78 is 12.9. The van der Waals surface area contributed by atoms with Crippen LogP contribution in [0.4, 0.5) is 4.39 Å². The van der Waals surface area contributed by atoms with Crippen LogP contribution in [0.25, 0.3) is 0 Å². The van der Waals surface area contributed by atoms with Gasteiger partial charge in [-0.15, -0.1) is 12.4 Å². The Bertz CT molecular complexity index is 337. The lowest BCUT2D eigenvalue weighted by molar-refractivity contribution is 0.253. The SMILES string of the molecule is Cl.NC1(c2cc(F)ccc2Cl)CCC1. The summed E-state index contributed by atoms with van der Waals surface area (Å²) in [6, 6.07) is 4.37. The van der Waals surface area contributed by atoms with E-state index in [-0.39, 0.29) is 23.8 Å². The monoisotopic (exact) mass is 235 g/mol. The van der Waals surface area contributed by atoms with Gasteiger partial charge in [0.1, 0.15) is 5.82 Å². The van der Waals surface area contributed by atoms with Crippen LogP contribution >= 0.6 is 24.0 Å². The summed E-state index contributed by atoms with van der Waals surface area (Å²) in [4.78, 5) is 0. The van der Waals surface area contributed by atoms with Gasteiger partial charge in [-0.05, 0) is 43.0 Å². The molecule has 1 saturated carbocycles. The van der Waals surface area contributed by atoms with E-state index >= 15 is 0 Å². The molecule has 0 aliphatic heterocycles. The van der Waals surface area contributed by atoms with Gasteiger partial charge in [-0.1, -0.05) is 11.6 Å². The standard InChI is InChI=1S/C10H11ClFN.ClH/c11-9-3-2-7(12)6-8(9)10(13)4-1-5-10;/h2-3,6H,1,4-5,13H2;1H. The predicted octanol–water partition coefficient (Wildman–Crippen LogP) is 3.24. The second-order valence-corrected chi connectivity index (χ2v) is 4.04. The van der Waals surface area contributed by atoms with Gasteiger partial charge in [-0.3, -0.25) is 0 Å². The molecule has 0 spiro atoms. The van der Waals surface area contributed by atoms with Crippen molar-refractivity contribution in [3.8, 4) is 0 Å². The van der Waals surface area contributed by atoms with E-state index < -0.39 is 0 Å². The zero-order chi connectivity index (χ0) is 9.47. The van der Waals surface area contributed by atoms with E-state index in [2.05, 4.69) is 0 Å². The molecule has 2 N–H and O–H groups in total. The lowest BCUT2D eigenvalue weighted by Crippen LogP contribution is -2.43. The van der Waals surface area contributed by atoms with Crippen molar-refractivity contribution < 1.29 is 4.39 Å². The zero-order valence-corrected chi connectivity index (χ0v) is 9.17. The van der Waals surface area contributed by atoms with Crippen LogP contribution in [0.1, 0.15) is 24.8 Å². The molecule has 0 atom stereocenters. The Kier molecular flexibility index (Phi) is 3.40. The summed E-state index contributed by atoms with van der Waals surface area (Å²) in [6.45, 7) is 0. The number of hydrogen-bond donors (Lipinski definition) is 1. The van der Waals surface area contributed by atoms with E-state index in [0.717, 1.165) is 24.8 Å². The van der Waals surface area contributed by atoms with Crippen LogP contribution in [0, 0.1) is 5.82 Å². The van der Waals surface area contributed by atoms with Gasteiger partial charge in [0.2, 0.25) is 0 Å². The number of nitrogens with two attached hydrogens (primary N) is 1. The Morgan fingerprint density at radius 2 is 2.00 bits per heavy atom. The summed E-state index contributed by atoms with van der Waals surface area (Å²) in [5.41, 5.74) is 6.42. The molecule has 1 aliphatic carbocycles. The van der Waals surface area contributed by atoms with Crippen LogP contribution < -0.4 is 5.73 Å². The molecule has 0 saturated heterocycles. The first-order valence-electron chi connectivity index (χ1n) is 4.36. The third-order valence-electron chi connectivity index (χ3n) is 2.71. The second-order valence-electron chi connectivity index (χ2n) is 3.63. The van der Waals surface area contributed by atoms with Gasteiger partial charge in [0.05, 0.1) is 0 Å². The minimum atomic E-state index is -0.376. The molecular weight excluding hydrogens is 224 g/mol. The fourth-order valence-electron chi connectivity index (χ4n) is 1.71. The van der Waals surface area contributed by atoms with Crippen molar-refractivity contribution in [3.05, 3.63) is 34.6 Å². The first kappa shape index (κ1) is 11.8. The van der Waals surface area contributed by atoms with Crippen LogP contribution in [-0.4, -0.2) is 0 Å². The van der Waals surface area contributed by atoms with Crippen molar-refractivity contribution in [1.29, 1.82) is 0 Å². The van der Waals surface area contributed by atoms with Gasteiger partial charge in [-0.2, -0.15) is 0 Å². The van der Waals surface area contributed by atoms with Crippen LogP contribution in [0.2, 0.25) is 5.02 Å². The molecule has 0 aromatic heterocycles. The van der Waals surface area contributed by atoms with E-state index in [1.807, 2.05) is 0 Å². The summed E-state index contributed by atoms with van der Waals surface area (Å²) in [6.07, 6.45) is 2.90. The Balaban J connectivity index is 0.000000980. The molecule has 0 unspecified atom stereocenters. The van der Waals surface area contributed by atoms with Crippen molar-refractivity contribution >= 4 is 24.0 Å². The van der Waals surface area contributed by atoms with E-state index in [0.29, 0.717) is 5.02 Å². The maximum Gasteiger partial charge on any atom is 0.123 e. The highest BCUT2D eigenvalue weighted by molar-refractivity contribution is 6.31. The van der Waals surface area contributed by atoms with Crippen molar-refractivity contribution in [2.75, 3.05) is 0 Å². The summed E-state index contributed by atoms with van der Waals surface area (Å²) in [5.74, 6) is -0.267. The normalized spacial score (nSPS) is 18.2. The van der Waals surface area contributed by atoms with E-state index in [4.69, 9.17) is 17.3 Å². The maximum atomic E-state index is 12.9. The highest BCUT2D eigenvalue weighted by Gasteiger charge is 2.36. The first-order valence-corrected chi connectivity index (χ1v) is 4.74. The average molecular weight is 236 g/mol. The highest BCUT2D eigenvalue weighted by Crippen LogP contribution is 2.41. The Labute approximate surface area is 93.8 Å². The van der Waals surface area contributed by atoms with Gasteiger partial charge >= 0.3 is 0 Å². The summed E-state index contributed by atoms with van der Waals surface area (Å²) >= 11 is 5.95. The Morgan fingerprint density at radius 3 is 2.50 bits per heavy atom. The fraction of sp³-hybridized carbons (Fsp3) is 0.400. The maximum absolute atomic E-state index is 12.9. The third kappa shape index (κ3) is 1.88. The molecule has 1 aromatic carbocycles. The molecule has 1 fully saturated rings. The van der Waals surface area contributed by atoms with Crippen molar-refractivity contribution in [3.63, 3.8) is 0 Å². The lowest BCUT2D eigenvalue weighted by Gasteiger charge is -2.39. The van der Waals surface area contributed by atoms with Crippen molar-refractivity contribution in [2.24, 2.45) is 5.73 Å². The average Bonchev–Trinajstić information content (AvgIpc) is 2.05. The molecule has 0 amide bonds. The Morgan fingerprint density at radius 1 is 1.36 bits per heavy atom. The minimum Gasteiger partial charge on any atom is -0.321 e. The van der Waals surface area contributed by atoms with Crippen LogP contribution in [0.5, 0.6) is 0 Å². The van der Waals surface area contributed by atoms with E-state index in [1.54, 1.807) is 6.07 Å². The van der Waals surface area contributed by atoms with Gasteiger partial charge in [-0.25, -0.2) is 4.39 Å². The number of halogens is 3. The molecule has 0 heterocycles. The van der Waals surface area contributed by atoms with E-state index in [1.165, 1.54) is 12.1 Å². The quantitative estimate of drug-likeness (QED) is 0.795. The number of benzene rings is 1. The number of rotatable bonds is 1. The molecule has 1 aromatic rings.